The van der Waals surface area contributed by atoms with E-state index < -0.39 is 0 Å². The average Bonchev–Trinajstić information content (AvgIpc) is 2.97. The maximum atomic E-state index is 9.40. The number of aliphatic hydroxyl groups is 1. The maximum absolute atomic E-state index is 9.40. The van der Waals surface area contributed by atoms with E-state index in [4.69, 9.17) is 4.74 Å². The normalized spacial score (nSPS) is 27.1. The Kier molecular flexibility index (Phi) is 2.46. The molecule has 0 amide bonds. The molecule has 1 aromatic carbocycles. The molecule has 0 spiro atoms. The molecule has 1 aromatic rings. The minimum Gasteiger partial charge on any atom is -0.497 e. The third kappa shape index (κ3) is 1.75. The zero-order chi connectivity index (χ0) is 10.1. The molecule has 0 heterocycles. The molecule has 0 aromatic heterocycles. The Hall–Kier alpha value is -1.02. The van der Waals surface area contributed by atoms with Gasteiger partial charge in [0.25, 0.3) is 0 Å². The Labute approximate surface area is 84.5 Å². The van der Waals surface area contributed by atoms with E-state index in [9.17, 15) is 5.11 Å². The molecule has 1 saturated carbocycles. The van der Waals surface area contributed by atoms with Gasteiger partial charge in [0.15, 0.2) is 0 Å². The first-order valence-corrected chi connectivity index (χ1v) is 5.04. The molecule has 76 valence electrons. The number of aliphatic hydroxyl groups excluding tert-OH is 1. The van der Waals surface area contributed by atoms with Crippen LogP contribution >= 0.6 is 0 Å². The molecule has 2 heteroatoms. The first-order chi connectivity index (χ1) is 6.72. The van der Waals surface area contributed by atoms with Crippen LogP contribution in [0.2, 0.25) is 0 Å². The van der Waals surface area contributed by atoms with E-state index in [1.165, 1.54) is 5.56 Å². The fourth-order valence-corrected chi connectivity index (χ4v) is 1.98. The van der Waals surface area contributed by atoms with Gasteiger partial charge >= 0.3 is 0 Å². The van der Waals surface area contributed by atoms with Gasteiger partial charge in [-0.1, -0.05) is 12.1 Å². The summed E-state index contributed by atoms with van der Waals surface area (Å²) < 4.78 is 5.09. The van der Waals surface area contributed by atoms with E-state index in [1.807, 2.05) is 19.1 Å². The Morgan fingerprint density at radius 3 is 2.43 bits per heavy atom. The summed E-state index contributed by atoms with van der Waals surface area (Å²) >= 11 is 0. The molecule has 2 nitrogen and oxygen atoms in total. The Morgan fingerprint density at radius 1 is 1.36 bits per heavy atom. The molecule has 0 saturated heterocycles. The van der Waals surface area contributed by atoms with E-state index >= 15 is 0 Å². The van der Waals surface area contributed by atoms with Crippen molar-refractivity contribution in [1.82, 2.24) is 0 Å². The van der Waals surface area contributed by atoms with Crippen molar-refractivity contribution in [2.45, 2.75) is 25.4 Å². The van der Waals surface area contributed by atoms with Crippen molar-refractivity contribution < 1.29 is 9.84 Å². The zero-order valence-corrected chi connectivity index (χ0v) is 8.60. The van der Waals surface area contributed by atoms with Gasteiger partial charge in [0, 0.05) is 0 Å². The lowest BCUT2D eigenvalue weighted by Gasteiger charge is -2.04. The summed E-state index contributed by atoms with van der Waals surface area (Å²) in [5, 5.41) is 9.40. The van der Waals surface area contributed by atoms with Crippen molar-refractivity contribution in [2.24, 2.45) is 5.92 Å². The summed E-state index contributed by atoms with van der Waals surface area (Å²) in [5.74, 6) is 1.91. The number of rotatable bonds is 3. The third-order valence-corrected chi connectivity index (χ3v) is 3.00. The van der Waals surface area contributed by atoms with Crippen LogP contribution in [0.4, 0.5) is 0 Å². The molecule has 3 atom stereocenters. The van der Waals surface area contributed by atoms with E-state index in [0.717, 1.165) is 12.2 Å². The highest BCUT2D eigenvalue weighted by atomic mass is 16.5. The highest BCUT2D eigenvalue weighted by molar-refractivity contribution is 5.32. The summed E-state index contributed by atoms with van der Waals surface area (Å²) in [5.41, 5.74) is 1.32. The second-order valence-electron chi connectivity index (χ2n) is 4.02. The average molecular weight is 192 g/mol. The predicted molar refractivity (Wildman–Crippen MR) is 55.5 cm³/mol. The molecule has 1 aliphatic rings. The Balaban J connectivity index is 2.05. The minimum absolute atomic E-state index is 0.179. The van der Waals surface area contributed by atoms with Gasteiger partial charge in [0.1, 0.15) is 5.75 Å². The van der Waals surface area contributed by atoms with Crippen molar-refractivity contribution in [2.75, 3.05) is 7.11 Å². The first kappa shape index (κ1) is 9.53. The van der Waals surface area contributed by atoms with Gasteiger partial charge in [-0.2, -0.15) is 0 Å². The van der Waals surface area contributed by atoms with Gasteiger partial charge in [-0.05, 0) is 42.9 Å². The van der Waals surface area contributed by atoms with Crippen molar-refractivity contribution >= 4 is 0 Å². The summed E-state index contributed by atoms with van der Waals surface area (Å²) in [7, 11) is 1.67. The van der Waals surface area contributed by atoms with Crippen LogP contribution < -0.4 is 4.74 Å². The molecule has 0 aliphatic heterocycles. The molecule has 1 fully saturated rings. The van der Waals surface area contributed by atoms with E-state index in [2.05, 4.69) is 12.1 Å². The van der Waals surface area contributed by atoms with Gasteiger partial charge in [-0.15, -0.1) is 0 Å². The lowest BCUT2D eigenvalue weighted by molar-refractivity contribution is 0.169. The largest absolute Gasteiger partial charge is 0.497 e. The quantitative estimate of drug-likeness (QED) is 0.795. The topological polar surface area (TPSA) is 29.5 Å². The standard InChI is InChI=1S/C12H16O2/c1-8(13)11-7-12(11)9-3-5-10(14-2)6-4-9/h3-6,8,11-13H,7H2,1-2H3/t8-,11-,12-/m0/s1. The van der Waals surface area contributed by atoms with Crippen LogP contribution in [0.5, 0.6) is 5.75 Å². The van der Waals surface area contributed by atoms with Crippen molar-refractivity contribution in [1.29, 1.82) is 0 Å². The fraction of sp³-hybridized carbons (Fsp3) is 0.500. The first-order valence-electron chi connectivity index (χ1n) is 5.04. The van der Waals surface area contributed by atoms with Crippen LogP contribution in [0.25, 0.3) is 0 Å². The lowest BCUT2D eigenvalue weighted by Crippen LogP contribution is -2.03. The van der Waals surface area contributed by atoms with Crippen molar-refractivity contribution in [3.63, 3.8) is 0 Å². The van der Waals surface area contributed by atoms with Gasteiger partial charge < -0.3 is 9.84 Å². The molecule has 14 heavy (non-hydrogen) atoms. The van der Waals surface area contributed by atoms with E-state index in [-0.39, 0.29) is 6.10 Å². The van der Waals surface area contributed by atoms with Crippen molar-refractivity contribution in [3.8, 4) is 5.75 Å². The highest BCUT2D eigenvalue weighted by Gasteiger charge is 2.41. The molecule has 1 N–H and O–H groups in total. The van der Waals surface area contributed by atoms with Gasteiger partial charge in [-0.25, -0.2) is 0 Å². The molecule has 0 radical (unpaired) electrons. The van der Waals surface area contributed by atoms with E-state index in [0.29, 0.717) is 11.8 Å². The molecular formula is C12H16O2. The summed E-state index contributed by atoms with van der Waals surface area (Å²) in [6, 6.07) is 8.14. The van der Waals surface area contributed by atoms with Gasteiger partial charge in [0.2, 0.25) is 0 Å². The second kappa shape index (κ2) is 3.62. The monoisotopic (exact) mass is 192 g/mol. The fourth-order valence-electron chi connectivity index (χ4n) is 1.98. The second-order valence-corrected chi connectivity index (χ2v) is 4.02. The molecule has 2 rings (SSSR count). The summed E-state index contributed by atoms with van der Waals surface area (Å²) in [6.07, 6.45) is 0.936. The lowest BCUT2D eigenvalue weighted by atomic mass is 10.1. The molecule has 0 unspecified atom stereocenters. The maximum Gasteiger partial charge on any atom is 0.118 e. The van der Waals surface area contributed by atoms with Gasteiger partial charge in [0.05, 0.1) is 13.2 Å². The van der Waals surface area contributed by atoms with Crippen LogP contribution in [0, 0.1) is 5.92 Å². The van der Waals surface area contributed by atoms with Crippen LogP contribution in [-0.2, 0) is 0 Å². The summed E-state index contributed by atoms with van der Waals surface area (Å²) in [6.45, 7) is 1.87. The number of benzene rings is 1. The van der Waals surface area contributed by atoms with E-state index in [1.54, 1.807) is 7.11 Å². The highest BCUT2D eigenvalue weighted by Crippen LogP contribution is 2.49. The number of ether oxygens (including phenoxy) is 1. The smallest absolute Gasteiger partial charge is 0.118 e. The van der Waals surface area contributed by atoms with Gasteiger partial charge in [-0.3, -0.25) is 0 Å². The van der Waals surface area contributed by atoms with Crippen LogP contribution in [0.15, 0.2) is 24.3 Å². The number of hydrogen-bond acceptors (Lipinski definition) is 2. The SMILES string of the molecule is COc1ccc([C@@H]2C[C@H]2[C@H](C)O)cc1. The molecule has 1 aliphatic carbocycles. The predicted octanol–water partition coefficient (Wildman–Crippen LogP) is 2.18. The Morgan fingerprint density at radius 2 is 2.00 bits per heavy atom. The summed E-state index contributed by atoms with van der Waals surface area (Å²) in [4.78, 5) is 0. The zero-order valence-electron chi connectivity index (χ0n) is 8.60. The molecule has 0 bridgehead atoms. The number of hydrogen-bond donors (Lipinski definition) is 1. The van der Waals surface area contributed by atoms with Crippen molar-refractivity contribution in [3.05, 3.63) is 29.8 Å². The Bertz CT molecular complexity index is 303. The van der Waals surface area contributed by atoms with Crippen LogP contribution in [0.1, 0.15) is 24.8 Å². The van der Waals surface area contributed by atoms with Crippen LogP contribution in [-0.4, -0.2) is 18.3 Å². The minimum atomic E-state index is -0.179. The number of methoxy groups -OCH3 is 1. The van der Waals surface area contributed by atoms with Crippen LogP contribution in [0.3, 0.4) is 0 Å². The molecular weight excluding hydrogens is 176 g/mol. The third-order valence-electron chi connectivity index (χ3n) is 3.00.